The van der Waals surface area contributed by atoms with Gasteiger partial charge in [-0.2, -0.15) is 0 Å². The van der Waals surface area contributed by atoms with Crippen LogP contribution in [-0.4, -0.2) is 41.7 Å². The molecule has 0 saturated carbocycles. The van der Waals surface area contributed by atoms with Crippen LogP contribution in [0, 0.1) is 0 Å². The number of alkyl carbamates (subject to hydrolysis) is 1. The highest BCUT2D eigenvalue weighted by Gasteiger charge is 2.18. The normalized spacial score (nSPS) is 12.8. The summed E-state index contributed by atoms with van der Waals surface area (Å²) >= 11 is 0. The zero-order chi connectivity index (χ0) is 17.9. The van der Waals surface area contributed by atoms with Gasteiger partial charge in [-0.05, 0) is 12.0 Å². The van der Waals surface area contributed by atoms with Crippen LogP contribution in [0.4, 0.5) is 4.79 Å². The van der Waals surface area contributed by atoms with Gasteiger partial charge in [-0.25, -0.2) is 4.79 Å². The van der Waals surface area contributed by atoms with Gasteiger partial charge in [-0.3, -0.25) is 9.59 Å². The Morgan fingerprint density at radius 1 is 1.25 bits per heavy atom. The van der Waals surface area contributed by atoms with Crippen molar-refractivity contribution in [3.63, 3.8) is 0 Å². The number of aliphatic hydroxyl groups is 1. The Hall–Kier alpha value is -2.61. The number of primary amides is 1. The first kappa shape index (κ1) is 19.4. The van der Waals surface area contributed by atoms with Gasteiger partial charge < -0.3 is 26.2 Å². The fourth-order valence-corrected chi connectivity index (χ4v) is 1.89. The quantitative estimate of drug-likeness (QED) is 0.505. The third-order valence-electron chi connectivity index (χ3n) is 3.20. The Kier molecular flexibility index (Phi) is 8.28. The number of hydrogen-bond donors (Lipinski definition) is 4. The highest BCUT2D eigenvalue weighted by atomic mass is 16.5. The summed E-state index contributed by atoms with van der Waals surface area (Å²) in [7, 11) is 0. The molecule has 0 aliphatic carbocycles. The molecule has 3 amide bonds. The molecule has 2 atom stereocenters. The van der Waals surface area contributed by atoms with E-state index in [1.807, 2.05) is 30.3 Å². The number of nitrogens with one attached hydrogen (secondary N) is 2. The highest BCUT2D eigenvalue weighted by Crippen LogP contribution is 2.00. The molecule has 1 aromatic rings. The van der Waals surface area contributed by atoms with Gasteiger partial charge in [0.1, 0.15) is 12.6 Å². The minimum Gasteiger partial charge on any atom is -0.445 e. The largest absolute Gasteiger partial charge is 0.445 e. The predicted octanol–water partition coefficient (Wildman–Crippen LogP) is 0.0439. The van der Waals surface area contributed by atoms with Gasteiger partial charge in [0.2, 0.25) is 11.8 Å². The lowest BCUT2D eigenvalue weighted by atomic mass is 10.2. The molecule has 8 nitrogen and oxygen atoms in total. The molecule has 0 aliphatic rings. The molecule has 8 heteroatoms. The van der Waals surface area contributed by atoms with Crippen LogP contribution < -0.4 is 16.4 Å². The molecule has 5 N–H and O–H groups in total. The molecule has 0 saturated heterocycles. The number of aliphatic hydroxyl groups excluding tert-OH is 1. The maximum Gasteiger partial charge on any atom is 0.407 e. The van der Waals surface area contributed by atoms with E-state index in [0.29, 0.717) is 6.42 Å². The van der Waals surface area contributed by atoms with Crippen molar-refractivity contribution in [3.05, 3.63) is 35.9 Å². The average molecular weight is 337 g/mol. The maximum atomic E-state index is 11.7. The van der Waals surface area contributed by atoms with E-state index in [4.69, 9.17) is 10.5 Å². The molecule has 0 aromatic heterocycles. The van der Waals surface area contributed by atoms with E-state index in [1.54, 1.807) is 6.92 Å². The number of amides is 3. The fraction of sp³-hybridized carbons (Fsp3) is 0.438. The van der Waals surface area contributed by atoms with Crippen molar-refractivity contribution >= 4 is 17.9 Å². The van der Waals surface area contributed by atoms with Crippen molar-refractivity contribution in [2.75, 3.05) is 6.54 Å². The van der Waals surface area contributed by atoms with Crippen molar-refractivity contribution < 1.29 is 24.2 Å². The number of ether oxygens (including phenoxy) is 1. The smallest absolute Gasteiger partial charge is 0.407 e. The summed E-state index contributed by atoms with van der Waals surface area (Å²) in [5.41, 5.74) is 5.95. The molecule has 1 rings (SSSR count). The number of hydrogen-bond acceptors (Lipinski definition) is 5. The lowest BCUT2D eigenvalue weighted by Gasteiger charge is -2.15. The van der Waals surface area contributed by atoms with E-state index in [2.05, 4.69) is 10.6 Å². The van der Waals surface area contributed by atoms with Crippen LogP contribution in [0.3, 0.4) is 0 Å². The van der Waals surface area contributed by atoms with E-state index in [-0.39, 0.29) is 19.6 Å². The number of benzene rings is 1. The van der Waals surface area contributed by atoms with Gasteiger partial charge in [-0.1, -0.05) is 37.3 Å². The molecule has 132 valence electrons. The zero-order valence-electron chi connectivity index (χ0n) is 13.5. The van der Waals surface area contributed by atoms with Gasteiger partial charge >= 0.3 is 6.09 Å². The average Bonchev–Trinajstić information content (AvgIpc) is 2.56. The second-order valence-corrected chi connectivity index (χ2v) is 5.23. The fourth-order valence-electron chi connectivity index (χ4n) is 1.89. The number of nitrogens with two attached hydrogens (primary N) is 1. The highest BCUT2D eigenvalue weighted by molar-refractivity contribution is 5.86. The molecule has 1 aromatic carbocycles. The standard InChI is InChI=1S/C16H23N3O5/c1-2-13(15(17)22)19-14(21)8-12(20)9-18-16(23)24-10-11-6-4-3-5-7-11/h3-7,12-13,20H,2,8-10H2,1H3,(H2,17,22)(H,18,23)(H,19,21)/t12-,13+/m0/s1. The van der Waals surface area contributed by atoms with Crippen LogP contribution in [0.15, 0.2) is 30.3 Å². The van der Waals surface area contributed by atoms with Crippen LogP contribution >= 0.6 is 0 Å². The predicted molar refractivity (Wildman–Crippen MR) is 86.7 cm³/mol. The van der Waals surface area contributed by atoms with Gasteiger partial charge in [0.25, 0.3) is 0 Å². The summed E-state index contributed by atoms with van der Waals surface area (Å²) in [5.74, 6) is -1.16. The minimum atomic E-state index is -1.10. The van der Waals surface area contributed by atoms with Gasteiger partial charge in [0.05, 0.1) is 12.5 Å². The molecule has 0 heterocycles. The summed E-state index contributed by atoms with van der Waals surface area (Å²) in [6.45, 7) is 1.67. The second kappa shape index (κ2) is 10.2. The van der Waals surface area contributed by atoms with Crippen molar-refractivity contribution in [3.8, 4) is 0 Å². The third-order valence-corrected chi connectivity index (χ3v) is 3.20. The van der Waals surface area contributed by atoms with E-state index in [1.165, 1.54) is 0 Å². The van der Waals surface area contributed by atoms with E-state index >= 15 is 0 Å². The summed E-state index contributed by atoms with van der Waals surface area (Å²) in [6.07, 6.45) is -1.69. The first-order valence-electron chi connectivity index (χ1n) is 7.63. The molecule has 0 spiro atoms. The number of carbonyl (C=O) groups excluding carboxylic acids is 3. The van der Waals surface area contributed by atoms with Crippen molar-refractivity contribution in [1.82, 2.24) is 10.6 Å². The Labute approximate surface area is 140 Å². The van der Waals surface area contributed by atoms with E-state index in [0.717, 1.165) is 5.56 Å². The Bertz CT molecular complexity index is 550. The first-order chi connectivity index (χ1) is 11.4. The third kappa shape index (κ3) is 7.59. The molecule has 0 aliphatic heterocycles. The van der Waals surface area contributed by atoms with Crippen LogP contribution in [0.25, 0.3) is 0 Å². The van der Waals surface area contributed by atoms with Crippen LogP contribution in [0.1, 0.15) is 25.3 Å². The maximum absolute atomic E-state index is 11.7. The zero-order valence-corrected chi connectivity index (χ0v) is 13.5. The Balaban J connectivity index is 2.24. The van der Waals surface area contributed by atoms with E-state index < -0.39 is 30.1 Å². The van der Waals surface area contributed by atoms with Crippen molar-refractivity contribution in [2.24, 2.45) is 5.73 Å². The van der Waals surface area contributed by atoms with Crippen LogP contribution in [0.2, 0.25) is 0 Å². The van der Waals surface area contributed by atoms with Crippen molar-refractivity contribution in [1.29, 1.82) is 0 Å². The molecule has 0 bridgehead atoms. The van der Waals surface area contributed by atoms with E-state index in [9.17, 15) is 19.5 Å². The molecular formula is C16H23N3O5. The molecule has 24 heavy (non-hydrogen) atoms. The minimum absolute atomic E-state index is 0.111. The summed E-state index contributed by atoms with van der Waals surface area (Å²) in [4.78, 5) is 34.2. The van der Waals surface area contributed by atoms with Gasteiger partial charge in [0, 0.05) is 6.54 Å². The molecule has 0 fully saturated rings. The lowest BCUT2D eigenvalue weighted by Crippen LogP contribution is -2.45. The van der Waals surface area contributed by atoms with Crippen molar-refractivity contribution in [2.45, 2.75) is 38.5 Å². The first-order valence-corrected chi connectivity index (χ1v) is 7.63. The molecular weight excluding hydrogens is 314 g/mol. The van der Waals surface area contributed by atoms with Gasteiger partial charge in [-0.15, -0.1) is 0 Å². The summed E-state index contributed by atoms with van der Waals surface area (Å²) in [6, 6.07) is 8.37. The lowest BCUT2D eigenvalue weighted by molar-refractivity contribution is -0.128. The number of rotatable bonds is 9. The number of carbonyl (C=O) groups is 3. The Morgan fingerprint density at radius 2 is 1.92 bits per heavy atom. The molecule has 0 radical (unpaired) electrons. The van der Waals surface area contributed by atoms with Crippen LogP contribution in [0.5, 0.6) is 0 Å². The Morgan fingerprint density at radius 3 is 2.50 bits per heavy atom. The summed E-state index contributed by atoms with van der Waals surface area (Å²) in [5, 5.41) is 14.5. The second-order valence-electron chi connectivity index (χ2n) is 5.23. The monoisotopic (exact) mass is 337 g/mol. The topological polar surface area (TPSA) is 131 Å². The van der Waals surface area contributed by atoms with Crippen LogP contribution in [-0.2, 0) is 20.9 Å². The molecule has 0 unspecified atom stereocenters. The van der Waals surface area contributed by atoms with Gasteiger partial charge in [0.15, 0.2) is 0 Å². The summed E-state index contributed by atoms with van der Waals surface area (Å²) < 4.78 is 4.97. The SMILES string of the molecule is CC[C@@H](NC(=O)C[C@H](O)CNC(=O)OCc1ccccc1)C(N)=O.